The molecule has 29 heavy (non-hydrogen) atoms. The molecule has 1 aliphatic rings. The van der Waals surface area contributed by atoms with E-state index in [9.17, 15) is 0 Å². The third-order valence-electron chi connectivity index (χ3n) is 4.69. The maximum atomic E-state index is 5.36. The number of methoxy groups -OCH3 is 2. The van der Waals surface area contributed by atoms with Crippen molar-refractivity contribution in [3.05, 3.63) is 65.7 Å². The molecule has 0 amide bonds. The number of anilines is 1. The topological polar surface area (TPSA) is 58.1 Å². The second-order valence-electron chi connectivity index (χ2n) is 6.51. The van der Waals surface area contributed by atoms with Crippen molar-refractivity contribution in [2.45, 2.75) is 13.1 Å². The van der Waals surface area contributed by atoms with Gasteiger partial charge in [0.1, 0.15) is 0 Å². The molecule has 0 atom stereocenters. The van der Waals surface area contributed by atoms with E-state index in [4.69, 9.17) is 9.47 Å². The summed E-state index contributed by atoms with van der Waals surface area (Å²) < 4.78 is 10.6. The summed E-state index contributed by atoms with van der Waals surface area (Å²) in [5.41, 5.74) is 3.56. The van der Waals surface area contributed by atoms with Gasteiger partial charge in [0.25, 0.3) is 0 Å². The van der Waals surface area contributed by atoms with Crippen LogP contribution in [0.3, 0.4) is 0 Å². The van der Waals surface area contributed by atoms with Crippen LogP contribution in [0.25, 0.3) is 0 Å². The highest BCUT2D eigenvalue weighted by atomic mass is 127. The molecule has 0 saturated heterocycles. The smallest absolute Gasteiger partial charge is 0.191 e. The lowest BCUT2D eigenvalue weighted by molar-refractivity contribution is 0.354. The zero-order chi connectivity index (χ0) is 19.8. The molecular weight excluding hydrogens is 479 g/mol. The largest absolute Gasteiger partial charge is 0.493 e. The summed E-state index contributed by atoms with van der Waals surface area (Å²) in [4.78, 5) is 6.65. The van der Waals surface area contributed by atoms with E-state index in [1.54, 1.807) is 21.3 Å². The average Bonchev–Trinajstić information content (AvgIpc) is 3.29. The van der Waals surface area contributed by atoms with E-state index in [1.807, 2.05) is 18.2 Å². The van der Waals surface area contributed by atoms with Crippen molar-refractivity contribution in [3.8, 4) is 11.5 Å². The van der Waals surface area contributed by atoms with Gasteiger partial charge < -0.3 is 25.0 Å². The Bertz CT molecular complexity index is 846. The van der Waals surface area contributed by atoms with Crippen LogP contribution < -0.4 is 25.0 Å². The van der Waals surface area contributed by atoms with Crippen LogP contribution in [0.5, 0.6) is 11.5 Å². The Morgan fingerprint density at radius 3 is 2.21 bits per heavy atom. The Balaban J connectivity index is 0.00000300. The number of aliphatic imine (C=N–C) groups is 1. The van der Waals surface area contributed by atoms with E-state index in [2.05, 4.69) is 56.9 Å². The molecule has 2 aromatic carbocycles. The molecule has 0 radical (unpaired) electrons. The van der Waals surface area contributed by atoms with Gasteiger partial charge in [-0.25, -0.2) is 0 Å². The Kier molecular flexibility index (Phi) is 9.11. The van der Waals surface area contributed by atoms with E-state index in [1.165, 1.54) is 11.3 Å². The maximum Gasteiger partial charge on any atom is 0.191 e. The highest BCUT2D eigenvalue weighted by Gasteiger charge is 2.08. The van der Waals surface area contributed by atoms with Crippen LogP contribution in [0, 0.1) is 0 Å². The van der Waals surface area contributed by atoms with Crippen molar-refractivity contribution in [3.63, 3.8) is 0 Å². The second kappa shape index (κ2) is 11.5. The third-order valence-corrected chi connectivity index (χ3v) is 4.69. The summed E-state index contributed by atoms with van der Waals surface area (Å²) in [6, 6.07) is 14.5. The standard InChI is InChI=1S/C22H28N4O2.HI/c1-23-22(25-16-18-9-10-20(27-2)21(14-18)28-3)24-15-17-7-6-8-19(13-17)26-11-4-5-12-26;/h4-10,13-14H,11-12,15-16H2,1-3H3,(H2,23,24,25);1H. The lowest BCUT2D eigenvalue weighted by Gasteiger charge is -2.19. The fourth-order valence-electron chi connectivity index (χ4n) is 3.13. The number of halogens is 1. The van der Waals surface area contributed by atoms with Gasteiger partial charge in [-0.2, -0.15) is 0 Å². The van der Waals surface area contributed by atoms with Crippen LogP contribution in [0.2, 0.25) is 0 Å². The lowest BCUT2D eigenvalue weighted by atomic mass is 10.2. The molecule has 2 N–H and O–H groups in total. The fraction of sp³-hybridized carbons (Fsp3) is 0.318. The van der Waals surface area contributed by atoms with E-state index < -0.39 is 0 Å². The predicted molar refractivity (Wildman–Crippen MR) is 130 cm³/mol. The van der Waals surface area contributed by atoms with Crippen molar-refractivity contribution >= 4 is 35.6 Å². The number of hydrogen-bond acceptors (Lipinski definition) is 4. The Morgan fingerprint density at radius 1 is 0.931 bits per heavy atom. The molecule has 2 aromatic rings. The van der Waals surface area contributed by atoms with E-state index in [0.29, 0.717) is 13.1 Å². The fourth-order valence-corrected chi connectivity index (χ4v) is 3.13. The minimum atomic E-state index is 0. The van der Waals surface area contributed by atoms with Crippen LogP contribution in [0.15, 0.2) is 59.6 Å². The van der Waals surface area contributed by atoms with E-state index in [-0.39, 0.29) is 24.0 Å². The first-order valence-corrected chi connectivity index (χ1v) is 9.38. The van der Waals surface area contributed by atoms with Gasteiger partial charge in [0.05, 0.1) is 14.2 Å². The molecule has 156 valence electrons. The molecule has 1 aliphatic heterocycles. The minimum Gasteiger partial charge on any atom is -0.493 e. The number of benzene rings is 2. The first kappa shape index (κ1) is 22.9. The van der Waals surface area contributed by atoms with Gasteiger partial charge in [0.2, 0.25) is 0 Å². The maximum absolute atomic E-state index is 5.36. The molecule has 3 rings (SSSR count). The summed E-state index contributed by atoms with van der Waals surface area (Å²) in [6.45, 7) is 3.30. The van der Waals surface area contributed by atoms with E-state index in [0.717, 1.165) is 36.1 Å². The van der Waals surface area contributed by atoms with Crippen LogP contribution in [-0.4, -0.2) is 40.3 Å². The highest BCUT2D eigenvalue weighted by molar-refractivity contribution is 14.0. The number of hydrogen-bond donors (Lipinski definition) is 2. The zero-order valence-corrected chi connectivity index (χ0v) is 19.5. The van der Waals surface area contributed by atoms with Crippen LogP contribution >= 0.6 is 24.0 Å². The molecule has 7 heteroatoms. The molecule has 6 nitrogen and oxygen atoms in total. The van der Waals surface area contributed by atoms with Gasteiger partial charge in [-0.1, -0.05) is 30.4 Å². The predicted octanol–water partition coefficient (Wildman–Crippen LogP) is 3.56. The quantitative estimate of drug-likeness (QED) is 0.259. The van der Waals surface area contributed by atoms with Crippen molar-refractivity contribution < 1.29 is 9.47 Å². The molecule has 0 bridgehead atoms. The summed E-state index contributed by atoms with van der Waals surface area (Å²) >= 11 is 0. The van der Waals surface area contributed by atoms with Gasteiger partial charge in [-0.3, -0.25) is 4.99 Å². The number of nitrogens with zero attached hydrogens (tertiary/aromatic N) is 2. The van der Waals surface area contributed by atoms with Gasteiger partial charge in [0.15, 0.2) is 17.5 Å². The van der Waals surface area contributed by atoms with Crippen molar-refractivity contribution in [1.29, 1.82) is 0 Å². The normalized spacial score (nSPS) is 13.1. The minimum absolute atomic E-state index is 0. The highest BCUT2D eigenvalue weighted by Crippen LogP contribution is 2.27. The molecule has 1 heterocycles. The summed E-state index contributed by atoms with van der Waals surface area (Å²) in [5, 5.41) is 6.71. The van der Waals surface area contributed by atoms with Crippen molar-refractivity contribution in [2.75, 3.05) is 39.3 Å². The first-order chi connectivity index (χ1) is 13.7. The zero-order valence-electron chi connectivity index (χ0n) is 17.1. The van der Waals surface area contributed by atoms with Crippen LogP contribution in [0.1, 0.15) is 11.1 Å². The number of ether oxygens (including phenoxy) is 2. The summed E-state index contributed by atoms with van der Waals surface area (Å²) in [7, 11) is 5.05. The van der Waals surface area contributed by atoms with Gasteiger partial charge in [-0.05, 0) is 35.4 Å². The van der Waals surface area contributed by atoms with Crippen LogP contribution in [-0.2, 0) is 13.1 Å². The Labute approximate surface area is 190 Å². The Morgan fingerprint density at radius 2 is 1.59 bits per heavy atom. The molecule has 0 aromatic heterocycles. The third kappa shape index (κ3) is 6.28. The lowest BCUT2D eigenvalue weighted by Crippen LogP contribution is -2.36. The summed E-state index contributed by atoms with van der Waals surface area (Å²) in [5.74, 6) is 2.20. The summed E-state index contributed by atoms with van der Waals surface area (Å²) in [6.07, 6.45) is 4.40. The number of nitrogens with one attached hydrogen (secondary N) is 2. The van der Waals surface area contributed by atoms with Crippen molar-refractivity contribution in [2.24, 2.45) is 4.99 Å². The van der Waals surface area contributed by atoms with E-state index >= 15 is 0 Å². The number of guanidine groups is 1. The van der Waals surface area contributed by atoms with Gasteiger partial charge >= 0.3 is 0 Å². The molecule has 0 fully saturated rings. The molecular formula is C22H29IN4O2. The van der Waals surface area contributed by atoms with Gasteiger partial charge in [0, 0.05) is 38.9 Å². The first-order valence-electron chi connectivity index (χ1n) is 9.38. The monoisotopic (exact) mass is 508 g/mol. The SMILES string of the molecule is CN=C(NCc1cccc(N2CC=CC2)c1)NCc1ccc(OC)c(OC)c1.I. The molecule has 0 spiro atoms. The van der Waals surface area contributed by atoms with Gasteiger partial charge in [-0.15, -0.1) is 24.0 Å². The molecule has 0 unspecified atom stereocenters. The second-order valence-corrected chi connectivity index (χ2v) is 6.51. The number of rotatable bonds is 7. The average molecular weight is 508 g/mol. The molecule has 0 aliphatic carbocycles. The van der Waals surface area contributed by atoms with Crippen molar-refractivity contribution in [1.82, 2.24) is 10.6 Å². The van der Waals surface area contributed by atoms with Crippen LogP contribution in [0.4, 0.5) is 5.69 Å². The molecule has 0 saturated carbocycles. The Hall–Kier alpha value is -2.42.